The zero-order chi connectivity index (χ0) is 19.2. The minimum Gasteiger partial charge on any atom is -0.352 e. The second-order valence-electron chi connectivity index (χ2n) is 7.33. The number of carbonyl (C=O) groups excluding carboxylic acids is 3. The van der Waals surface area contributed by atoms with Crippen LogP contribution in [0, 0.1) is 5.41 Å². The number of nitrogens with zero attached hydrogens (tertiary/aromatic N) is 1. The fourth-order valence-corrected chi connectivity index (χ4v) is 2.10. The van der Waals surface area contributed by atoms with Crippen LogP contribution < -0.4 is 10.6 Å². The summed E-state index contributed by atoms with van der Waals surface area (Å²) in [5, 5.41) is 5.59. The molecule has 3 amide bonds. The quantitative estimate of drug-likeness (QED) is 0.830. The Labute approximate surface area is 150 Å². The van der Waals surface area contributed by atoms with Crippen LogP contribution in [0.3, 0.4) is 0 Å². The average molecular weight is 347 g/mol. The molecule has 0 fully saturated rings. The molecule has 1 aromatic rings. The van der Waals surface area contributed by atoms with Gasteiger partial charge in [0.15, 0.2) is 0 Å². The van der Waals surface area contributed by atoms with Gasteiger partial charge in [0, 0.05) is 29.3 Å². The lowest BCUT2D eigenvalue weighted by Gasteiger charge is -2.22. The molecule has 0 spiro atoms. The fraction of sp³-hybridized carbons (Fsp3) is 0.526. The molecule has 0 radical (unpaired) electrons. The number of likely N-dealkylation sites (N-methyl/N-ethyl adjacent to an activating group) is 1. The molecule has 0 bridgehead atoms. The highest BCUT2D eigenvalue weighted by Gasteiger charge is 2.22. The maximum atomic E-state index is 12.7. The van der Waals surface area contributed by atoms with Crippen LogP contribution in [0.15, 0.2) is 24.3 Å². The van der Waals surface area contributed by atoms with Crippen molar-refractivity contribution >= 4 is 23.4 Å². The molecule has 1 rings (SSSR count). The maximum absolute atomic E-state index is 12.7. The van der Waals surface area contributed by atoms with E-state index in [0.717, 1.165) is 0 Å². The average Bonchev–Trinajstić information content (AvgIpc) is 2.50. The van der Waals surface area contributed by atoms with Crippen molar-refractivity contribution in [2.24, 2.45) is 5.41 Å². The molecule has 138 valence electrons. The second kappa shape index (κ2) is 8.65. The first-order valence-electron chi connectivity index (χ1n) is 8.54. The number of carbonyl (C=O) groups is 3. The molecule has 0 unspecified atom stereocenters. The lowest BCUT2D eigenvalue weighted by molar-refractivity contribution is -0.123. The van der Waals surface area contributed by atoms with Crippen molar-refractivity contribution in [2.75, 3.05) is 18.4 Å². The van der Waals surface area contributed by atoms with E-state index in [1.165, 1.54) is 4.90 Å². The molecule has 0 heterocycles. The molecule has 0 saturated carbocycles. The first-order chi connectivity index (χ1) is 11.5. The van der Waals surface area contributed by atoms with Crippen LogP contribution in [0.25, 0.3) is 0 Å². The summed E-state index contributed by atoms with van der Waals surface area (Å²) in [6.45, 7) is 11.5. The predicted molar refractivity (Wildman–Crippen MR) is 99.4 cm³/mol. The number of nitrogens with one attached hydrogen (secondary N) is 2. The third-order valence-electron chi connectivity index (χ3n) is 3.50. The highest BCUT2D eigenvalue weighted by atomic mass is 16.2. The minimum absolute atomic E-state index is 0.00604. The molecule has 2 N–H and O–H groups in total. The van der Waals surface area contributed by atoms with Gasteiger partial charge in [0.2, 0.25) is 11.8 Å². The molecule has 6 heteroatoms. The van der Waals surface area contributed by atoms with Gasteiger partial charge in [-0.2, -0.15) is 0 Å². The number of hydrogen-bond donors (Lipinski definition) is 2. The van der Waals surface area contributed by atoms with Crippen LogP contribution in [0.4, 0.5) is 5.69 Å². The van der Waals surface area contributed by atoms with E-state index < -0.39 is 5.41 Å². The van der Waals surface area contributed by atoms with E-state index in [-0.39, 0.29) is 30.3 Å². The van der Waals surface area contributed by atoms with Crippen LogP contribution >= 0.6 is 0 Å². The summed E-state index contributed by atoms with van der Waals surface area (Å²) in [5.41, 5.74) is 0.476. The van der Waals surface area contributed by atoms with Gasteiger partial charge in [-0.05, 0) is 39.0 Å². The summed E-state index contributed by atoms with van der Waals surface area (Å²) in [6.07, 6.45) is 0. The molecule has 0 aromatic heterocycles. The van der Waals surface area contributed by atoms with E-state index in [4.69, 9.17) is 0 Å². The van der Waals surface area contributed by atoms with Crippen molar-refractivity contribution in [3.8, 4) is 0 Å². The molecule has 0 aliphatic carbocycles. The van der Waals surface area contributed by atoms with Crippen molar-refractivity contribution in [2.45, 2.75) is 47.6 Å². The van der Waals surface area contributed by atoms with E-state index in [0.29, 0.717) is 17.8 Å². The van der Waals surface area contributed by atoms with Crippen LogP contribution in [0.2, 0.25) is 0 Å². The van der Waals surface area contributed by atoms with Gasteiger partial charge in [-0.25, -0.2) is 0 Å². The molecular formula is C19H29N3O3. The van der Waals surface area contributed by atoms with Crippen LogP contribution in [-0.4, -0.2) is 41.8 Å². The summed E-state index contributed by atoms with van der Waals surface area (Å²) < 4.78 is 0. The van der Waals surface area contributed by atoms with Crippen LogP contribution in [0.5, 0.6) is 0 Å². The first-order valence-corrected chi connectivity index (χ1v) is 8.54. The topological polar surface area (TPSA) is 78.5 Å². The number of benzene rings is 1. The lowest BCUT2D eigenvalue weighted by Crippen LogP contribution is -2.42. The Morgan fingerprint density at radius 1 is 1.16 bits per heavy atom. The van der Waals surface area contributed by atoms with Crippen LogP contribution in [0.1, 0.15) is 51.9 Å². The Bertz CT molecular complexity index is 633. The first kappa shape index (κ1) is 20.7. The number of hydrogen-bond acceptors (Lipinski definition) is 3. The standard InChI is InChI=1S/C19H29N3O3/c1-7-22(12-16(23)20-13(2)3)17(24)14-9-8-10-15(11-14)21-18(25)19(4,5)6/h8-11,13H,7,12H2,1-6H3,(H,20,23)(H,21,25). The highest BCUT2D eigenvalue weighted by molar-refractivity contribution is 5.99. The van der Waals surface area contributed by atoms with Gasteiger partial charge >= 0.3 is 0 Å². The lowest BCUT2D eigenvalue weighted by atomic mass is 9.95. The molecule has 0 saturated heterocycles. The zero-order valence-corrected chi connectivity index (χ0v) is 16.0. The van der Waals surface area contributed by atoms with Crippen molar-refractivity contribution in [1.82, 2.24) is 10.2 Å². The highest BCUT2D eigenvalue weighted by Crippen LogP contribution is 2.18. The molecule has 1 aromatic carbocycles. The third-order valence-corrected chi connectivity index (χ3v) is 3.50. The van der Waals surface area contributed by atoms with Crippen molar-refractivity contribution in [3.63, 3.8) is 0 Å². The van der Waals surface area contributed by atoms with Gasteiger partial charge in [-0.3, -0.25) is 14.4 Å². The zero-order valence-electron chi connectivity index (χ0n) is 16.0. The molecular weight excluding hydrogens is 318 g/mol. The fourth-order valence-electron chi connectivity index (χ4n) is 2.10. The van der Waals surface area contributed by atoms with Gasteiger partial charge in [0.25, 0.3) is 5.91 Å². The Morgan fingerprint density at radius 2 is 1.80 bits per heavy atom. The molecule has 0 aliphatic heterocycles. The minimum atomic E-state index is -0.523. The largest absolute Gasteiger partial charge is 0.352 e. The Kier molecular flexibility index (Phi) is 7.15. The number of anilines is 1. The molecule has 0 aliphatic rings. The van der Waals surface area contributed by atoms with Crippen LogP contribution in [-0.2, 0) is 9.59 Å². The SMILES string of the molecule is CCN(CC(=O)NC(C)C)C(=O)c1cccc(NC(=O)C(C)(C)C)c1. The second-order valence-corrected chi connectivity index (χ2v) is 7.33. The smallest absolute Gasteiger partial charge is 0.254 e. The summed E-state index contributed by atoms with van der Waals surface area (Å²) in [6, 6.07) is 6.79. The van der Waals surface area contributed by atoms with Crippen molar-refractivity contribution < 1.29 is 14.4 Å². The maximum Gasteiger partial charge on any atom is 0.254 e. The van der Waals surface area contributed by atoms with E-state index in [1.54, 1.807) is 24.3 Å². The summed E-state index contributed by atoms with van der Waals surface area (Å²) in [4.78, 5) is 38.2. The normalized spacial score (nSPS) is 11.2. The van der Waals surface area contributed by atoms with Gasteiger partial charge in [0.1, 0.15) is 0 Å². The van der Waals surface area contributed by atoms with E-state index in [1.807, 2.05) is 41.5 Å². The van der Waals surface area contributed by atoms with E-state index in [2.05, 4.69) is 10.6 Å². The summed E-state index contributed by atoms with van der Waals surface area (Å²) >= 11 is 0. The summed E-state index contributed by atoms with van der Waals surface area (Å²) in [7, 11) is 0. The Balaban J connectivity index is 2.88. The Hall–Kier alpha value is -2.37. The van der Waals surface area contributed by atoms with E-state index >= 15 is 0 Å². The molecule has 6 nitrogen and oxygen atoms in total. The van der Waals surface area contributed by atoms with Crippen molar-refractivity contribution in [1.29, 1.82) is 0 Å². The van der Waals surface area contributed by atoms with Gasteiger partial charge in [0.05, 0.1) is 6.54 Å². The van der Waals surface area contributed by atoms with Crippen molar-refractivity contribution in [3.05, 3.63) is 29.8 Å². The molecule has 25 heavy (non-hydrogen) atoms. The predicted octanol–water partition coefficient (Wildman–Crippen LogP) is 2.66. The monoisotopic (exact) mass is 347 g/mol. The van der Waals surface area contributed by atoms with E-state index in [9.17, 15) is 14.4 Å². The number of amides is 3. The van der Waals surface area contributed by atoms with Gasteiger partial charge in [-0.15, -0.1) is 0 Å². The Morgan fingerprint density at radius 3 is 2.32 bits per heavy atom. The molecule has 0 atom stereocenters. The summed E-state index contributed by atoms with van der Waals surface area (Å²) in [5.74, 6) is -0.559. The van der Waals surface area contributed by atoms with Gasteiger partial charge < -0.3 is 15.5 Å². The third kappa shape index (κ3) is 6.57. The van der Waals surface area contributed by atoms with Gasteiger partial charge in [-0.1, -0.05) is 26.8 Å². The number of rotatable bonds is 6.